The molecule has 0 aliphatic carbocycles. The van der Waals surface area contributed by atoms with Crippen LogP contribution in [-0.2, 0) is 24.9 Å². The van der Waals surface area contributed by atoms with Crippen LogP contribution in [-0.4, -0.2) is 25.1 Å². The average Bonchev–Trinajstić information content (AvgIpc) is 2.96. The lowest BCUT2D eigenvalue weighted by atomic mass is 10.2. The summed E-state index contributed by atoms with van der Waals surface area (Å²) >= 11 is 5.86. The summed E-state index contributed by atoms with van der Waals surface area (Å²) < 4.78 is 21.8. The second-order valence-electron chi connectivity index (χ2n) is 6.20. The number of imidazole rings is 1. The van der Waals surface area contributed by atoms with Crippen LogP contribution in [0, 0.1) is 5.82 Å². The molecule has 0 atom stereocenters. The highest BCUT2D eigenvalue weighted by Crippen LogP contribution is 2.20. The van der Waals surface area contributed by atoms with E-state index in [0.29, 0.717) is 6.54 Å². The van der Waals surface area contributed by atoms with Gasteiger partial charge < -0.3 is 9.30 Å². The summed E-state index contributed by atoms with van der Waals surface area (Å²) in [7, 11) is 1.57. The van der Waals surface area contributed by atoms with Crippen LogP contribution in [0.3, 0.4) is 0 Å². The lowest BCUT2D eigenvalue weighted by Crippen LogP contribution is -2.31. The first-order chi connectivity index (χ1) is 13.3. The average molecular weight is 409 g/mol. The monoisotopic (exact) mass is 408 g/mol. The number of aromatic amines is 1. The second kappa shape index (κ2) is 7.97. The maximum Gasteiger partial charge on any atom is 0.343 e. The molecule has 2 aromatic heterocycles. The maximum absolute atomic E-state index is 13.9. The molecule has 0 aliphatic rings. The number of nitrogens with one attached hydrogen (secondary N) is 1. The van der Waals surface area contributed by atoms with Gasteiger partial charge in [0.1, 0.15) is 23.8 Å². The van der Waals surface area contributed by atoms with Gasteiger partial charge in [0.05, 0.1) is 5.02 Å². The van der Waals surface area contributed by atoms with Crippen molar-refractivity contribution in [3.63, 3.8) is 0 Å². The molecule has 8 nitrogen and oxygen atoms in total. The Kier molecular flexibility index (Phi) is 5.64. The number of aryl methyl sites for hydroxylation is 2. The van der Waals surface area contributed by atoms with Crippen LogP contribution in [0.4, 0.5) is 4.39 Å². The Labute approximate surface area is 163 Å². The third-order valence-corrected chi connectivity index (χ3v) is 4.66. The first-order valence-electron chi connectivity index (χ1n) is 8.64. The van der Waals surface area contributed by atoms with Crippen LogP contribution in [0.25, 0.3) is 11.2 Å². The van der Waals surface area contributed by atoms with E-state index in [1.807, 2.05) is 6.92 Å². The number of fused-ring (bicyclic) bond motifs is 1. The number of aromatic nitrogens is 4. The van der Waals surface area contributed by atoms with Gasteiger partial charge in [0.25, 0.3) is 5.56 Å². The summed E-state index contributed by atoms with van der Waals surface area (Å²) in [5, 5.41) is -0.0696. The molecule has 3 aromatic rings. The number of carbonyl (C=O) groups excluding carboxylic acids is 1. The van der Waals surface area contributed by atoms with Gasteiger partial charge >= 0.3 is 11.7 Å². The highest BCUT2D eigenvalue weighted by atomic mass is 35.5. The first kappa shape index (κ1) is 19.8. The third-order valence-electron chi connectivity index (χ3n) is 4.34. The highest BCUT2D eigenvalue weighted by Gasteiger charge is 2.20. The fourth-order valence-corrected chi connectivity index (χ4v) is 3.08. The summed E-state index contributed by atoms with van der Waals surface area (Å²) in [5.41, 5.74) is -1.12. The fraction of sp³-hybridized carbons (Fsp3) is 0.333. The Bertz CT molecular complexity index is 1140. The van der Waals surface area contributed by atoms with Gasteiger partial charge in [0.15, 0.2) is 11.2 Å². The van der Waals surface area contributed by atoms with E-state index >= 15 is 0 Å². The predicted molar refractivity (Wildman–Crippen MR) is 101 cm³/mol. The van der Waals surface area contributed by atoms with Gasteiger partial charge in [0.2, 0.25) is 0 Å². The molecule has 0 saturated carbocycles. The van der Waals surface area contributed by atoms with E-state index in [2.05, 4.69) is 9.97 Å². The Morgan fingerprint density at radius 2 is 2.11 bits per heavy atom. The first-order valence-corrected chi connectivity index (χ1v) is 9.02. The molecule has 1 N–H and O–H groups in total. The molecule has 0 fully saturated rings. The normalized spacial score (nSPS) is 11.1. The van der Waals surface area contributed by atoms with Gasteiger partial charge in [-0.25, -0.2) is 19.0 Å². The molecule has 0 amide bonds. The molecule has 28 heavy (non-hydrogen) atoms. The molecule has 0 aliphatic heterocycles. The Hall–Kier alpha value is -2.94. The topological polar surface area (TPSA) is 99.0 Å². The number of hydrogen-bond acceptors (Lipinski definition) is 5. The van der Waals surface area contributed by atoms with Crippen molar-refractivity contribution < 1.29 is 13.9 Å². The van der Waals surface area contributed by atoms with E-state index in [1.165, 1.54) is 21.3 Å². The summed E-state index contributed by atoms with van der Waals surface area (Å²) in [6, 6.07) is 3.85. The summed E-state index contributed by atoms with van der Waals surface area (Å²) in [6.07, 6.45) is 1.58. The number of hydrogen-bond donors (Lipinski definition) is 1. The van der Waals surface area contributed by atoms with Crippen LogP contribution >= 0.6 is 11.6 Å². The molecular weight excluding hydrogens is 391 g/mol. The Morgan fingerprint density at radius 3 is 2.79 bits per heavy atom. The smallest absolute Gasteiger partial charge is 0.343 e. The van der Waals surface area contributed by atoms with E-state index in [4.69, 9.17) is 16.3 Å². The van der Waals surface area contributed by atoms with Crippen LogP contribution in [0.15, 0.2) is 27.8 Å². The van der Waals surface area contributed by atoms with Crippen LogP contribution < -0.4 is 11.2 Å². The summed E-state index contributed by atoms with van der Waals surface area (Å²) in [5.74, 6) is -1.52. The number of esters is 1. The SMILES string of the molecule is CCCCn1c(=O)[nH]c(=O)c2c1nc(COC(=O)c1c(F)cccc1Cl)n2C. The van der Waals surface area contributed by atoms with Crippen molar-refractivity contribution >= 4 is 28.7 Å². The molecule has 1 aromatic carbocycles. The van der Waals surface area contributed by atoms with Crippen molar-refractivity contribution in [1.82, 2.24) is 19.1 Å². The van der Waals surface area contributed by atoms with Crippen molar-refractivity contribution in [3.8, 4) is 0 Å². The van der Waals surface area contributed by atoms with E-state index in [-0.39, 0.29) is 34.2 Å². The predicted octanol–water partition coefficient (Wildman–Crippen LogP) is 2.37. The molecular formula is C18H18ClFN4O4. The van der Waals surface area contributed by atoms with Crippen molar-refractivity contribution in [1.29, 1.82) is 0 Å². The summed E-state index contributed by atoms with van der Waals surface area (Å²) in [4.78, 5) is 43.1. The standard InChI is InChI=1S/C18H18ClFN4O4/c1-3-4-8-24-15-14(16(25)22-18(24)27)23(2)12(21-15)9-28-17(26)13-10(19)6-5-7-11(13)20/h5-7H,3-4,8-9H2,1-2H3,(H,22,25,27). The molecule has 10 heteroatoms. The van der Waals surface area contributed by atoms with Gasteiger partial charge in [-0.3, -0.25) is 14.3 Å². The van der Waals surface area contributed by atoms with Crippen molar-refractivity contribution in [2.24, 2.45) is 7.05 Å². The van der Waals surface area contributed by atoms with Crippen molar-refractivity contribution in [2.75, 3.05) is 0 Å². The summed E-state index contributed by atoms with van der Waals surface area (Å²) in [6.45, 7) is 2.05. The van der Waals surface area contributed by atoms with E-state index in [9.17, 15) is 18.8 Å². The van der Waals surface area contributed by atoms with Gasteiger partial charge in [-0.05, 0) is 18.6 Å². The largest absolute Gasteiger partial charge is 0.454 e. The molecule has 3 rings (SSSR count). The van der Waals surface area contributed by atoms with Crippen LogP contribution in [0.5, 0.6) is 0 Å². The number of rotatable bonds is 6. The molecule has 0 saturated heterocycles. The lowest BCUT2D eigenvalue weighted by molar-refractivity contribution is 0.0454. The molecule has 0 spiro atoms. The second-order valence-corrected chi connectivity index (χ2v) is 6.60. The van der Waals surface area contributed by atoms with Gasteiger partial charge in [0, 0.05) is 13.6 Å². The number of nitrogens with zero attached hydrogens (tertiary/aromatic N) is 3. The van der Waals surface area contributed by atoms with Crippen LogP contribution in [0.1, 0.15) is 35.9 Å². The van der Waals surface area contributed by atoms with Crippen molar-refractivity contribution in [2.45, 2.75) is 32.9 Å². The van der Waals surface area contributed by atoms with Crippen molar-refractivity contribution in [3.05, 3.63) is 61.3 Å². The Morgan fingerprint density at radius 1 is 1.36 bits per heavy atom. The third kappa shape index (κ3) is 3.57. The number of carbonyl (C=O) groups is 1. The number of benzene rings is 1. The minimum atomic E-state index is -0.951. The quantitative estimate of drug-likeness (QED) is 0.631. The number of unbranched alkanes of at least 4 members (excludes halogenated alkanes) is 1. The van der Waals surface area contributed by atoms with E-state index < -0.39 is 23.0 Å². The molecule has 0 unspecified atom stereocenters. The maximum atomic E-state index is 13.9. The minimum Gasteiger partial charge on any atom is -0.454 e. The lowest BCUT2D eigenvalue weighted by Gasteiger charge is -2.07. The molecule has 2 heterocycles. The number of H-pyrrole nitrogens is 1. The highest BCUT2D eigenvalue weighted by molar-refractivity contribution is 6.33. The Balaban J connectivity index is 1.95. The van der Waals surface area contributed by atoms with E-state index in [0.717, 1.165) is 18.9 Å². The number of halogens is 2. The zero-order valence-corrected chi connectivity index (χ0v) is 16.0. The van der Waals surface area contributed by atoms with E-state index in [1.54, 1.807) is 7.05 Å². The molecule has 148 valence electrons. The van der Waals surface area contributed by atoms with Gasteiger partial charge in [-0.1, -0.05) is 31.0 Å². The fourth-order valence-electron chi connectivity index (χ4n) is 2.84. The van der Waals surface area contributed by atoms with Crippen LogP contribution in [0.2, 0.25) is 5.02 Å². The molecule has 0 bridgehead atoms. The van der Waals surface area contributed by atoms with Gasteiger partial charge in [-0.2, -0.15) is 0 Å². The zero-order valence-electron chi connectivity index (χ0n) is 15.3. The number of ether oxygens (including phenoxy) is 1. The minimum absolute atomic E-state index is 0.0696. The zero-order chi connectivity index (χ0) is 20.4. The van der Waals surface area contributed by atoms with Gasteiger partial charge in [-0.15, -0.1) is 0 Å². The molecule has 0 radical (unpaired) electrons.